The van der Waals surface area contributed by atoms with Crippen molar-refractivity contribution in [1.82, 2.24) is 25.4 Å². The summed E-state index contributed by atoms with van der Waals surface area (Å²) in [4.78, 5) is 8.64. The van der Waals surface area contributed by atoms with Crippen LogP contribution in [0.3, 0.4) is 0 Å². The molecule has 2 aromatic carbocycles. The number of guanidine groups is 1. The van der Waals surface area contributed by atoms with Crippen LogP contribution in [-0.2, 0) is 18.7 Å². The molecule has 0 saturated carbocycles. The molecule has 1 heterocycles. The van der Waals surface area contributed by atoms with Crippen molar-refractivity contribution in [1.29, 1.82) is 0 Å². The molecule has 0 aliphatic rings. The molecular weight excluding hydrogens is 364 g/mol. The highest BCUT2D eigenvalue weighted by Crippen LogP contribution is 2.18. The first-order chi connectivity index (χ1) is 14.1. The molecule has 7 heteroatoms. The molecule has 152 valence electrons. The maximum atomic E-state index is 10.8. The van der Waals surface area contributed by atoms with Gasteiger partial charge in [-0.15, -0.1) is 0 Å². The lowest BCUT2D eigenvalue weighted by atomic mass is 9.96. The standard InChI is InChI=1S/C22H28N6O/c1-3-24-21(26-15-22(2,29)20-10-5-4-6-11-20)25-13-18-8-7-9-19(12-18)14-28-17-23-16-27-28/h4-12,16-17,29H,3,13-15H2,1-2H3,(H2,24,25,26). The third-order valence-electron chi connectivity index (χ3n) is 4.56. The molecule has 0 spiro atoms. The number of hydrogen-bond acceptors (Lipinski definition) is 4. The molecule has 3 aromatic rings. The monoisotopic (exact) mass is 392 g/mol. The van der Waals surface area contributed by atoms with Crippen LogP contribution in [0.1, 0.15) is 30.5 Å². The van der Waals surface area contributed by atoms with Crippen LogP contribution in [0.15, 0.2) is 72.2 Å². The van der Waals surface area contributed by atoms with Crippen molar-refractivity contribution in [2.75, 3.05) is 13.1 Å². The number of nitrogens with zero attached hydrogens (tertiary/aromatic N) is 4. The highest BCUT2D eigenvalue weighted by Gasteiger charge is 2.22. The van der Waals surface area contributed by atoms with Crippen molar-refractivity contribution in [3.05, 3.63) is 83.9 Å². The van der Waals surface area contributed by atoms with Crippen LogP contribution in [0.5, 0.6) is 0 Å². The Morgan fingerprint density at radius 1 is 1.10 bits per heavy atom. The number of hydrogen-bond donors (Lipinski definition) is 3. The summed E-state index contributed by atoms with van der Waals surface area (Å²) in [6.07, 6.45) is 3.24. The van der Waals surface area contributed by atoms with Crippen LogP contribution in [0, 0.1) is 0 Å². The number of aliphatic hydroxyl groups is 1. The predicted molar refractivity (Wildman–Crippen MR) is 114 cm³/mol. The van der Waals surface area contributed by atoms with Gasteiger partial charge >= 0.3 is 0 Å². The Morgan fingerprint density at radius 2 is 1.90 bits per heavy atom. The van der Waals surface area contributed by atoms with Crippen molar-refractivity contribution in [2.45, 2.75) is 32.5 Å². The van der Waals surface area contributed by atoms with Crippen LogP contribution in [0.4, 0.5) is 0 Å². The lowest BCUT2D eigenvalue weighted by Crippen LogP contribution is -2.44. The van der Waals surface area contributed by atoms with E-state index >= 15 is 0 Å². The molecule has 1 unspecified atom stereocenters. The van der Waals surface area contributed by atoms with Crippen LogP contribution in [0.2, 0.25) is 0 Å². The summed E-state index contributed by atoms with van der Waals surface area (Å²) >= 11 is 0. The SMILES string of the molecule is CCNC(=NCc1cccc(Cn2cncn2)c1)NCC(C)(O)c1ccccc1. The molecule has 0 saturated heterocycles. The van der Waals surface area contributed by atoms with E-state index in [9.17, 15) is 5.11 Å². The maximum absolute atomic E-state index is 10.8. The van der Waals surface area contributed by atoms with Gasteiger partial charge in [-0.1, -0.05) is 54.6 Å². The molecule has 3 N–H and O–H groups in total. The fourth-order valence-electron chi connectivity index (χ4n) is 2.99. The molecule has 1 aromatic heterocycles. The summed E-state index contributed by atoms with van der Waals surface area (Å²) in [5.74, 6) is 0.672. The fourth-order valence-corrected chi connectivity index (χ4v) is 2.99. The Labute approximate surface area is 171 Å². The molecule has 1 atom stereocenters. The zero-order valence-corrected chi connectivity index (χ0v) is 16.9. The highest BCUT2D eigenvalue weighted by molar-refractivity contribution is 5.79. The first-order valence-corrected chi connectivity index (χ1v) is 9.77. The van der Waals surface area contributed by atoms with Crippen LogP contribution < -0.4 is 10.6 Å². The average Bonchev–Trinajstić information content (AvgIpc) is 3.24. The van der Waals surface area contributed by atoms with E-state index in [0.717, 1.165) is 23.2 Å². The maximum Gasteiger partial charge on any atom is 0.191 e. The average molecular weight is 393 g/mol. The zero-order valence-electron chi connectivity index (χ0n) is 16.9. The third kappa shape index (κ3) is 6.15. The minimum absolute atomic E-state index is 0.356. The minimum atomic E-state index is -0.991. The van der Waals surface area contributed by atoms with Gasteiger partial charge in [-0.05, 0) is 30.5 Å². The van der Waals surface area contributed by atoms with Gasteiger partial charge in [0.05, 0.1) is 19.6 Å². The molecule has 3 rings (SSSR count). The molecular formula is C22H28N6O. The Hall–Kier alpha value is -3.19. The Bertz CT molecular complexity index is 906. The highest BCUT2D eigenvalue weighted by atomic mass is 16.3. The number of aliphatic imine (C=N–C) groups is 1. The summed E-state index contributed by atoms with van der Waals surface area (Å²) < 4.78 is 1.79. The van der Waals surface area contributed by atoms with E-state index < -0.39 is 5.60 Å². The molecule has 0 fully saturated rings. The van der Waals surface area contributed by atoms with Crippen molar-refractivity contribution in [2.24, 2.45) is 4.99 Å². The second kappa shape index (κ2) is 9.84. The molecule has 0 bridgehead atoms. The molecule has 0 aliphatic heterocycles. The summed E-state index contributed by atoms with van der Waals surface area (Å²) in [6.45, 7) is 6.13. The second-order valence-electron chi connectivity index (χ2n) is 7.10. The molecule has 0 amide bonds. The Morgan fingerprint density at radius 3 is 2.62 bits per heavy atom. The number of rotatable bonds is 8. The van der Waals surface area contributed by atoms with Gasteiger partial charge in [-0.2, -0.15) is 5.10 Å². The van der Waals surface area contributed by atoms with E-state index in [0.29, 0.717) is 25.6 Å². The van der Waals surface area contributed by atoms with Gasteiger partial charge in [0.2, 0.25) is 0 Å². The number of aromatic nitrogens is 3. The van der Waals surface area contributed by atoms with Gasteiger partial charge in [-0.25, -0.2) is 14.7 Å². The van der Waals surface area contributed by atoms with E-state index in [2.05, 4.69) is 43.9 Å². The topological polar surface area (TPSA) is 87.4 Å². The van der Waals surface area contributed by atoms with Crippen molar-refractivity contribution in [3.8, 4) is 0 Å². The normalized spacial score (nSPS) is 13.7. The third-order valence-corrected chi connectivity index (χ3v) is 4.56. The molecule has 0 aliphatic carbocycles. The van der Waals surface area contributed by atoms with E-state index in [-0.39, 0.29) is 0 Å². The summed E-state index contributed by atoms with van der Waals surface area (Å²) in [5.41, 5.74) is 2.13. The fraction of sp³-hybridized carbons (Fsp3) is 0.318. The first-order valence-electron chi connectivity index (χ1n) is 9.77. The van der Waals surface area contributed by atoms with Gasteiger partial charge in [0, 0.05) is 6.54 Å². The lowest BCUT2D eigenvalue weighted by Gasteiger charge is -2.25. The van der Waals surface area contributed by atoms with Gasteiger partial charge in [-0.3, -0.25) is 0 Å². The van der Waals surface area contributed by atoms with Gasteiger partial charge in [0.25, 0.3) is 0 Å². The molecule has 7 nitrogen and oxygen atoms in total. The lowest BCUT2D eigenvalue weighted by molar-refractivity contribution is 0.0617. The Balaban J connectivity index is 1.63. The van der Waals surface area contributed by atoms with E-state index in [1.165, 1.54) is 6.33 Å². The summed E-state index contributed by atoms with van der Waals surface area (Å²) in [6, 6.07) is 17.9. The molecule has 29 heavy (non-hydrogen) atoms. The summed E-state index contributed by atoms with van der Waals surface area (Å²) in [7, 11) is 0. The largest absolute Gasteiger partial charge is 0.384 e. The van der Waals surface area contributed by atoms with Gasteiger partial charge in [0.15, 0.2) is 5.96 Å². The van der Waals surface area contributed by atoms with Crippen LogP contribution >= 0.6 is 0 Å². The van der Waals surface area contributed by atoms with Crippen molar-refractivity contribution < 1.29 is 5.11 Å². The number of nitrogens with one attached hydrogen (secondary N) is 2. The van der Waals surface area contributed by atoms with Crippen LogP contribution in [0.25, 0.3) is 0 Å². The van der Waals surface area contributed by atoms with Crippen molar-refractivity contribution in [3.63, 3.8) is 0 Å². The quantitative estimate of drug-likeness (QED) is 0.404. The predicted octanol–water partition coefficient (Wildman–Crippen LogP) is 2.29. The first kappa shape index (κ1) is 20.5. The van der Waals surface area contributed by atoms with E-state index in [1.54, 1.807) is 17.9 Å². The minimum Gasteiger partial charge on any atom is -0.384 e. The Kier molecular flexibility index (Phi) is 6.97. The number of benzene rings is 2. The van der Waals surface area contributed by atoms with E-state index in [4.69, 9.17) is 0 Å². The van der Waals surface area contributed by atoms with Gasteiger partial charge in [0.1, 0.15) is 18.3 Å². The smallest absolute Gasteiger partial charge is 0.191 e. The second-order valence-corrected chi connectivity index (χ2v) is 7.10. The van der Waals surface area contributed by atoms with E-state index in [1.807, 2.05) is 43.3 Å². The zero-order chi connectivity index (χ0) is 20.5. The molecule has 0 radical (unpaired) electrons. The van der Waals surface area contributed by atoms with Gasteiger partial charge < -0.3 is 15.7 Å². The summed E-state index contributed by atoms with van der Waals surface area (Å²) in [5, 5.41) is 21.4. The van der Waals surface area contributed by atoms with Crippen LogP contribution in [-0.4, -0.2) is 38.9 Å². The van der Waals surface area contributed by atoms with Crippen molar-refractivity contribution >= 4 is 5.96 Å².